The lowest BCUT2D eigenvalue weighted by molar-refractivity contribution is -0.184. The molecular formula is C17H28O7S. The van der Waals surface area contributed by atoms with Gasteiger partial charge in [-0.3, -0.25) is 8.98 Å². The monoisotopic (exact) mass is 376 g/mol. The van der Waals surface area contributed by atoms with Crippen LogP contribution in [0.4, 0.5) is 0 Å². The van der Waals surface area contributed by atoms with Crippen LogP contribution in [0.2, 0.25) is 0 Å². The number of fused-ring (bicyclic) bond motifs is 2. The van der Waals surface area contributed by atoms with Crippen molar-refractivity contribution in [2.24, 2.45) is 17.3 Å². The van der Waals surface area contributed by atoms with Crippen LogP contribution < -0.4 is 0 Å². The molecule has 0 aliphatic heterocycles. The molecule has 2 saturated carbocycles. The quantitative estimate of drug-likeness (QED) is 0.536. The number of carbonyl (C=O) groups is 2. The molecule has 0 aromatic carbocycles. The van der Waals surface area contributed by atoms with E-state index in [0.29, 0.717) is 6.42 Å². The van der Waals surface area contributed by atoms with Crippen molar-refractivity contribution in [3.8, 4) is 0 Å². The second-order valence-electron chi connectivity index (χ2n) is 7.91. The Labute approximate surface area is 150 Å². The summed E-state index contributed by atoms with van der Waals surface area (Å²) in [6, 6.07) is 0. The maximum absolute atomic E-state index is 12.4. The fraction of sp³-hybridized carbons (Fsp3) is 0.882. The van der Waals surface area contributed by atoms with Crippen LogP contribution in [0.5, 0.6) is 0 Å². The lowest BCUT2D eigenvalue weighted by Crippen LogP contribution is -2.50. The van der Waals surface area contributed by atoms with E-state index < -0.39 is 46.1 Å². The number of rotatable bonds is 7. The highest BCUT2D eigenvalue weighted by Crippen LogP contribution is 2.54. The normalized spacial score (nSPS) is 32.6. The molecule has 0 amide bonds. The van der Waals surface area contributed by atoms with Crippen molar-refractivity contribution in [3.63, 3.8) is 0 Å². The maximum Gasteiger partial charge on any atom is 0.347 e. The zero-order valence-electron chi connectivity index (χ0n) is 15.4. The highest BCUT2D eigenvalue weighted by Gasteiger charge is 2.59. The first-order chi connectivity index (χ1) is 11.5. The van der Waals surface area contributed by atoms with Gasteiger partial charge in [0, 0.05) is 0 Å². The molecule has 7 nitrogen and oxygen atoms in total. The van der Waals surface area contributed by atoms with Crippen LogP contribution in [-0.2, 0) is 34.2 Å². The minimum Gasteiger partial charge on any atom is -0.456 e. The third kappa shape index (κ3) is 4.00. The van der Waals surface area contributed by atoms with E-state index >= 15 is 0 Å². The first kappa shape index (κ1) is 20.2. The van der Waals surface area contributed by atoms with E-state index in [2.05, 4.69) is 0 Å². The van der Waals surface area contributed by atoms with Crippen molar-refractivity contribution >= 4 is 22.9 Å². The SMILES string of the molecule is CCC(C)(C)C(=O)OC(C)C(=O)OC1C2CCC(C2)C1(C)O[SH](=O)=O. The summed E-state index contributed by atoms with van der Waals surface area (Å²) in [6.45, 7) is 8.51. The number of hydrogen-bond donors (Lipinski definition) is 1. The van der Waals surface area contributed by atoms with Crippen molar-refractivity contribution in [1.29, 1.82) is 0 Å². The van der Waals surface area contributed by atoms with Crippen molar-refractivity contribution < 1.29 is 31.7 Å². The van der Waals surface area contributed by atoms with E-state index in [4.69, 9.17) is 13.7 Å². The summed E-state index contributed by atoms with van der Waals surface area (Å²) in [7, 11) is -3.05. The Morgan fingerprint density at radius 1 is 1.28 bits per heavy atom. The first-order valence-corrected chi connectivity index (χ1v) is 9.86. The van der Waals surface area contributed by atoms with Gasteiger partial charge in [-0.25, -0.2) is 13.2 Å². The Hall–Kier alpha value is -1.15. The topological polar surface area (TPSA) is 96.0 Å². The summed E-state index contributed by atoms with van der Waals surface area (Å²) in [4.78, 5) is 24.5. The lowest BCUT2D eigenvalue weighted by Gasteiger charge is -2.38. The molecule has 2 rings (SSSR count). The van der Waals surface area contributed by atoms with Gasteiger partial charge >= 0.3 is 11.9 Å². The molecule has 0 saturated heterocycles. The van der Waals surface area contributed by atoms with Gasteiger partial charge in [0.25, 0.3) is 11.0 Å². The van der Waals surface area contributed by atoms with Crippen molar-refractivity contribution in [2.45, 2.75) is 78.1 Å². The molecule has 2 bridgehead atoms. The van der Waals surface area contributed by atoms with Crippen LogP contribution in [0.25, 0.3) is 0 Å². The van der Waals surface area contributed by atoms with E-state index in [1.165, 1.54) is 6.92 Å². The molecule has 2 aliphatic carbocycles. The van der Waals surface area contributed by atoms with Gasteiger partial charge in [0.05, 0.1) is 5.41 Å². The zero-order chi connectivity index (χ0) is 19.0. The van der Waals surface area contributed by atoms with Gasteiger partial charge < -0.3 is 9.47 Å². The minimum absolute atomic E-state index is 0.0417. The standard InChI is InChI=1S/C17H28O7S/c1-6-16(3,4)15(19)22-10(2)14(18)23-13-11-7-8-12(9-11)17(13,5)24-25(20)21/h10-13,25H,6-9H2,1-5H3. The van der Waals surface area contributed by atoms with Gasteiger partial charge in [0.1, 0.15) is 11.7 Å². The largest absolute Gasteiger partial charge is 0.456 e. The molecular weight excluding hydrogens is 348 g/mol. The fourth-order valence-corrected chi connectivity index (χ4v) is 4.32. The zero-order valence-corrected chi connectivity index (χ0v) is 16.3. The van der Waals surface area contributed by atoms with Gasteiger partial charge in [0.2, 0.25) is 0 Å². The van der Waals surface area contributed by atoms with Gasteiger partial charge in [-0.1, -0.05) is 6.92 Å². The summed E-state index contributed by atoms with van der Waals surface area (Å²) < 4.78 is 38.1. The van der Waals surface area contributed by atoms with E-state index in [-0.39, 0.29) is 11.8 Å². The van der Waals surface area contributed by atoms with Crippen LogP contribution in [-0.4, -0.2) is 38.2 Å². The van der Waals surface area contributed by atoms with Gasteiger partial charge in [0.15, 0.2) is 6.10 Å². The fourth-order valence-electron chi connectivity index (χ4n) is 3.75. The number of carbonyl (C=O) groups excluding carboxylic acids is 2. The molecule has 2 aliphatic rings. The minimum atomic E-state index is -3.05. The Bertz CT molecular complexity index is 604. The van der Waals surface area contributed by atoms with Crippen molar-refractivity contribution in [1.82, 2.24) is 0 Å². The first-order valence-electron chi connectivity index (χ1n) is 8.76. The predicted molar refractivity (Wildman–Crippen MR) is 90.1 cm³/mol. The summed E-state index contributed by atoms with van der Waals surface area (Å²) in [5.74, 6) is -1.02. The van der Waals surface area contributed by atoms with Crippen LogP contribution in [0.1, 0.15) is 60.3 Å². The average Bonchev–Trinajstić information content (AvgIpc) is 3.08. The van der Waals surface area contributed by atoms with Crippen molar-refractivity contribution in [2.75, 3.05) is 0 Å². The molecule has 2 fully saturated rings. The van der Waals surface area contributed by atoms with Crippen LogP contribution >= 0.6 is 0 Å². The van der Waals surface area contributed by atoms with Crippen molar-refractivity contribution in [3.05, 3.63) is 0 Å². The smallest absolute Gasteiger partial charge is 0.347 e. The second kappa shape index (κ2) is 7.23. The third-order valence-corrected chi connectivity index (χ3v) is 6.39. The number of ether oxygens (including phenoxy) is 2. The number of esters is 2. The molecule has 0 heterocycles. The Kier molecular flexibility index (Phi) is 5.83. The third-order valence-electron chi connectivity index (χ3n) is 5.84. The summed E-state index contributed by atoms with van der Waals surface area (Å²) in [5, 5.41) is 0. The number of hydrogen-bond acceptors (Lipinski definition) is 7. The Morgan fingerprint density at radius 3 is 2.48 bits per heavy atom. The maximum atomic E-state index is 12.4. The van der Waals surface area contributed by atoms with E-state index in [1.807, 2.05) is 6.92 Å². The van der Waals surface area contributed by atoms with Gasteiger partial charge in [-0.15, -0.1) is 0 Å². The molecule has 0 aromatic heterocycles. The van der Waals surface area contributed by atoms with Gasteiger partial charge in [-0.05, 0) is 65.2 Å². The van der Waals surface area contributed by atoms with Gasteiger partial charge in [-0.2, -0.15) is 0 Å². The summed E-state index contributed by atoms with van der Waals surface area (Å²) in [5.41, 5.74) is -1.72. The molecule has 0 radical (unpaired) electrons. The van der Waals surface area contributed by atoms with E-state index in [0.717, 1.165) is 19.3 Å². The average molecular weight is 376 g/mol. The molecule has 0 N–H and O–H groups in total. The molecule has 25 heavy (non-hydrogen) atoms. The Morgan fingerprint density at radius 2 is 1.92 bits per heavy atom. The highest BCUT2D eigenvalue weighted by atomic mass is 32.2. The highest BCUT2D eigenvalue weighted by molar-refractivity contribution is 7.67. The van der Waals surface area contributed by atoms with Crippen LogP contribution in [0.15, 0.2) is 0 Å². The summed E-state index contributed by atoms with van der Waals surface area (Å²) >= 11 is 0. The molecule has 5 atom stereocenters. The predicted octanol–water partition coefficient (Wildman–Crippen LogP) is 2.00. The molecule has 0 aromatic rings. The Balaban J connectivity index is 2.04. The van der Waals surface area contributed by atoms with Crippen LogP contribution in [0, 0.1) is 17.3 Å². The molecule has 8 heteroatoms. The van der Waals surface area contributed by atoms with E-state index in [1.54, 1.807) is 20.8 Å². The van der Waals surface area contributed by atoms with Crippen LogP contribution in [0.3, 0.4) is 0 Å². The number of thiol groups is 1. The van der Waals surface area contributed by atoms with E-state index in [9.17, 15) is 18.0 Å². The second-order valence-corrected chi connectivity index (χ2v) is 8.54. The molecule has 5 unspecified atom stereocenters. The summed E-state index contributed by atoms with van der Waals surface area (Å²) in [6.07, 6.45) is 1.38. The molecule has 144 valence electrons. The molecule has 0 spiro atoms. The lowest BCUT2D eigenvalue weighted by atomic mass is 9.83.